The Morgan fingerprint density at radius 2 is 2.12 bits per heavy atom. The van der Waals surface area contributed by atoms with Crippen molar-refractivity contribution >= 4 is 0 Å². The first-order valence-corrected chi connectivity index (χ1v) is 5.76. The van der Waals surface area contributed by atoms with Crippen LogP contribution >= 0.6 is 0 Å². The lowest BCUT2D eigenvalue weighted by molar-refractivity contribution is 0.102. The molecule has 0 saturated carbocycles. The molecule has 4 heteroatoms. The van der Waals surface area contributed by atoms with Crippen LogP contribution in [0, 0.1) is 5.82 Å². The van der Waals surface area contributed by atoms with Crippen molar-refractivity contribution in [3.63, 3.8) is 0 Å². The third kappa shape index (κ3) is 4.42. The Bertz CT molecular complexity index is 327. The summed E-state index contributed by atoms with van der Waals surface area (Å²) < 4.78 is 18.7. The molecule has 0 amide bonds. The summed E-state index contributed by atoms with van der Waals surface area (Å²) in [7, 11) is 5.56. The van der Waals surface area contributed by atoms with Crippen LogP contribution in [0.3, 0.4) is 0 Å². The summed E-state index contributed by atoms with van der Waals surface area (Å²) in [6.45, 7) is 2.03. The lowest BCUT2D eigenvalue weighted by Gasteiger charge is -2.27. The van der Waals surface area contributed by atoms with Gasteiger partial charge in [-0.05, 0) is 20.2 Å². The highest BCUT2D eigenvalue weighted by molar-refractivity contribution is 5.17. The van der Waals surface area contributed by atoms with Crippen molar-refractivity contribution in [1.82, 2.24) is 10.2 Å². The minimum Gasteiger partial charge on any atom is -0.383 e. The second-order valence-electron chi connectivity index (χ2n) is 4.17. The van der Waals surface area contributed by atoms with Crippen molar-refractivity contribution in [1.29, 1.82) is 0 Å². The first-order valence-electron chi connectivity index (χ1n) is 5.76. The maximum absolute atomic E-state index is 13.5. The van der Waals surface area contributed by atoms with E-state index in [9.17, 15) is 4.39 Å². The van der Waals surface area contributed by atoms with Gasteiger partial charge in [-0.3, -0.25) is 4.90 Å². The minimum atomic E-state index is -0.153. The number of ether oxygens (including phenoxy) is 1. The number of likely N-dealkylation sites (N-methyl/N-ethyl adjacent to an activating group) is 2. The Balaban J connectivity index is 2.62. The number of halogens is 1. The van der Waals surface area contributed by atoms with E-state index >= 15 is 0 Å². The van der Waals surface area contributed by atoms with Crippen LogP contribution in [0.5, 0.6) is 0 Å². The van der Waals surface area contributed by atoms with Gasteiger partial charge >= 0.3 is 0 Å². The Labute approximate surface area is 103 Å². The average molecular weight is 240 g/mol. The van der Waals surface area contributed by atoms with E-state index in [-0.39, 0.29) is 11.9 Å². The summed E-state index contributed by atoms with van der Waals surface area (Å²) in [6.07, 6.45) is 0. The fourth-order valence-corrected chi connectivity index (χ4v) is 1.79. The quantitative estimate of drug-likeness (QED) is 0.781. The molecule has 0 fully saturated rings. The van der Waals surface area contributed by atoms with Gasteiger partial charge in [-0.25, -0.2) is 4.39 Å². The molecule has 1 aromatic rings. The van der Waals surface area contributed by atoms with E-state index in [1.807, 2.05) is 26.2 Å². The molecule has 0 saturated heterocycles. The Hall–Kier alpha value is -0.970. The van der Waals surface area contributed by atoms with Gasteiger partial charge in [0.25, 0.3) is 0 Å². The van der Waals surface area contributed by atoms with E-state index in [0.717, 1.165) is 6.54 Å². The minimum absolute atomic E-state index is 0.153. The molecule has 1 rings (SSSR count). The molecule has 96 valence electrons. The zero-order valence-corrected chi connectivity index (χ0v) is 10.7. The lowest BCUT2D eigenvalue weighted by atomic mass is 10.1. The predicted octanol–water partition coefficient (Wildman–Crippen LogP) is 1.49. The molecule has 1 atom stereocenters. The molecule has 0 radical (unpaired) electrons. The molecular formula is C13H21FN2O. The van der Waals surface area contributed by atoms with E-state index in [2.05, 4.69) is 10.2 Å². The standard InChI is InChI=1S/C13H21FN2O/c1-15-8-12(10-17-3)16(2)9-11-6-4-5-7-13(11)14/h4-7,12,15H,8-10H2,1-3H3. The van der Waals surface area contributed by atoms with Crippen molar-refractivity contribution in [2.24, 2.45) is 0 Å². The molecular weight excluding hydrogens is 219 g/mol. The fraction of sp³-hybridized carbons (Fsp3) is 0.538. The summed E-state index contributed by atoms with van der Waals surface area (Å²) >= 11 is 0. The zero-order valence-electron chi connectivity index (χ0n) is 10.7. The van der Waals surface area contributed by atoms with Gasteiger partial charge in [0.15, 0.2) is 0 Å². The first kappa shape index (κ1) is 14.1. The third-order valence-electron chi connectivity index (χ3n) is 2.80. The van der Waals surface area contributed by atoms with Gasteiger partial charge in [0.2, 0.25) is 0 Å². The summed E-state index contributed by atoms with van der Waals surface area (Å²) in [6, 6.07) is 7.11. The molecule has 17 heavy (non-hydrogen) atoms. The number of benzene rings is 1. The normalized spacial score (nSPS) is 13.0. The van der Waals surface area contributed by atoms with Crippen molar-refractivity contribution in [2.75, 3.05) is 34.4 Å². The SMILES string of the molecule is CNCC(COC)N(C)Cc1ccccc1F. The van der Waals surface area contributed by atoms with Crippen LogP contribution in [0.2, 0.25) is 0 Å². The summed E-state index contributed by atoms with van der Waals surface area (Å²) in [4.78, 5) is 2.10. The number of nitrogens with zero attached hydrogens (tertiary/aromatic N) is 1. The molecule has 1 N–H and O–H groups in total. The van der Waals surface area contributed by atoms with E-state index in [1.165, 1.54) is 6.07 Å². The summed E-state index contributed by atoms with van der Waals surface area (Å²) in [5.41, 5.74) is 0.715. The predicted molar refractivity (Wildman–Crippen MR) is 67.5 cm³/mol. The monoisotopic (exact) mass is 240 g/mol. The highest BCUT2D eigenvalue weighted by atomic mass is 19.1. The van der Waals surface area contributed by atoms with Crippen LogP contribution in [0.1, 0.15) is 5.56 Å². The number of hydrogen-bond acceptors (Lipinski definition) is 3. The molecule has 0 bridgehead atoms. The third-order valence-corrected chi connectivity index (χ3v) is 2.80. The topological polar surface area (TPSA) is 24.5 Å². The number of methoxy groups -OCH3 is 1. The average Bonchev–Trinajstić information content (AvgIpc) is 2.32. The van der Waals surface area contributed by atoms with Crippen LogP contribution in [-0.4, -0.2) is 45.3 Å². The van der Waals surface area contributed by atoms with E-state index in [0.29, 0.717) is 18.7 Å². The van der Waals surface area contributed by atoms with Gasteiger partial charge in [0.05, 0.1) is 6.61 Å². The largest absolute Gasteiger partial charge is 0.383 e. The van der Waals surface area contributed by atoms with Gasteiger partial charge in [0.1, 0.15) is 5.82 Å². The van der Waals surface area contributed by atoms with Crippen LogP contribution in [0.25, 0.3) is 0 Å². The molecule has 0 aliphatic heterocycles. The van der Waals surface area contributed by atoms with E-state index in [4.69, 9.17) is 4.74 Å². The summed E-state index contributed by atoms with van der Waals surface area (Å²) in [5.74, 6) is -0.153. The van der Waals surface area contributed by atoms with Gasteiger partial charge < -0.3 is 10.1 Å². The van der Waals surface area contributed by atoms with Gasteiger partial charge in [-0.1, -0.05) is 18.2 Å². The maximum Gasteiger partial charge on any atom is 0.127 e. The molecule has 3 nitrogen and oxygen atoms in total. The first-order chi connectivity index (χ1) is 8.19. The number of hydrogen-bond donors (Lipinski definition) is 1. The van der Waals surface area contributed by atoms with Crippen LogP contribution in [0.4, 0.5) is 4.39 Å². The molecule has 1 unspecified atom stereocenters. The molecule has 0 aliphatic rings. The molecule has 0 aliphatic carbocycles. The zero-order chi connectivity index (χ0) is 12.7. The fourth-order valence-electron chi connectivity index (χ4n) is 1.79. The van der Waals surface area contributed by atoms with Gasteiger partial charge in [0, 0.05) is 31.8 Å². The van der Waals surface area contributed by atoms with Crippen molar-refractivity contribution in [3.05, 3.63) is 35.6 Å². The molecule has 0 aromatic heterocycles. The van der Waals surface area contributed by atoms with Crippen LogP contribution in [-0.2, 0) is 11.3 Å². The van der Waals surface area contributed by atoms with E-state index in [1.54, 1.807) is 13.2 Å². The van der Waals surface area contributed by atoms with Gasteiger partial charge in [-0.2, -0.15) is 0 Å². The molecule has 0 spiro atoms. The number of nitrogens with one attached hydrogen (secondary N) is 1. The highest BCUT2D eigenvalue weighted by Gasteiger charge is 2.15. The second kappa shape index (κ2) is 7.37. The second-order valence-corrected chi connectivity index (χ2v) is 4.17. The van der Waals surface area contributed by atoms with Crippen molar-refractivity contribution in [3.8, 4) is 0 Å². The highest BCUT2D eigenvalue weighted by Crippen LogP contribution is 2.10. The number of rotatable bonds is 7. The van der Waals surface area contributed by atoms with Crippen LogP contribution in [0.15, 0.2) is 24.3 Å². The Morgan fingerprint density at radius 3 is 2.71 bits per heavy atom. The maximum atomic E-state index is 13.5. The molecule has 0 heterocycles. The van der Waals surface area contributed by atoms with Crippen molar-refractivity contribution in [2.45, 2.75) is 12.6 Å². The van der Waals surface area contributed by atoms with Crippen LogP contribution < -0.4 is 5.32 Å². The van der Waals surface area contributed by atoms with Gasteiger partial charge in [-0.15, -0.1) is 0 Å². The Kier molecular flexibility index (Phi) is 6.11. The summed E-state index contributed by atoms with van der Waals surface area (Å²) in [5, 5.41) is 3.12. The van der Waals surface area contributed by atoms with E-state index < -0.39 is 0 Å². The van der Waals surface area contributed by atoms with Crippen molar-refractivity contribution < 1.29 is 9.13 Å². The Morgan fingerprint density at radius 1 is 1.41 bits per heavy atom. The lowest BCUT2D eigenvalue weighted by Crippen LogP contribution is -2.41. The molecule has 1 aromatic carbocycles. The smallest absolute Gasteiger partial charge is 0.127 e.